The topological polar surface area (TPSA) is 66.8 Å². The van der Waals surface area contributed by atoms with Gasteiger partial charge in [-0.3, -0.25) is 0 Å². The lowest BCUT2D eigenvalue weighted by Crippen LogP contribution is -2.21. The van der Waals surface area contributed by atoms with E-state index < -0.39 is 11.6 Å². The Hall–Kier alpha value is -1.81. The minimum absolute atomic E-state index is 0.308. The van der Waals surface area contributed by atoms with Gasteiger partial charge in [-0.1, -0.05) is 12.1 Å². The van der Waals surface area contributed by atoms with E-state index in [4.69, 9.17) is 9.84 Å². The number of allylic oxidation sites excluding steroid dienone is 1. The van der Waals surface area contributed by atoms with Gasteiger partial charge in [-0.05, 0) is 38.5 Å². The first-order valence-electron chi connectivity index (χ1n) is 5.67. The molecule has 0 bridgehead atoms. The first-order valence-corrected chi connectivity index (χ1v) is 5.67. The fourth-order valence-electron chi connectivity index (χ4n) is 1.61. The summed E-state index contributed by atoms with van der Waals surface area (Å²) >= 11 is 0. The van der Waals surface area contributed by atoms with E-state index in [9.17, 15) is 9.90 Å². The molecule has 1 aromatic carbocycles. The van der Waals surface area contributed by atoms with Crippen molar-refractivity contribution in [3.05, 3.63) is 41.7 Å². The summed E-state index contributed by atoms with van der Waals surface area (Å²) in [6.07, 6.45) is 1.51. The average Bonchev–Trinajstić information content (AvgIpc) is 2.13. The summed E-state index contributed by atoms with van der Waals surface area (Å²) in [7, 11) is 0. The molecule has 0 spiro atoms. The Morgan fingerprint density at radius 3 is 2.67 bits per heavy atom. The Labute approximate surface area is 107 Å². The number of ether oxygens (including phenoxy) is 1. The summed E-state index contributed by atoms with van der Waals surface area (Å²) in [5.74, 6) is -0.171. The van der Waals surface area contributed by atoms with Crippen LogP contribution in [0, 0.1) is 0 Å². The van der Waals surface area contributed by atoms with Gasteiger partial charge < -0.3 is 14.9 Å². The zero-order valence-corrected chi connectivity index (χ0v) is 10.8. The maximum atomic E-state index is 10.5. The molecule has 0 amide bonds. The van der Waals surface area contributed by atoms with E-state index in [0.717, 1.165) is 11.6 Å². The molecule has 0 unspecified atom stereocenters. The van der Waals surface area contributed by atoms with Crippen molar-refractivity contribution >= 4 is 5.97 Å². The van der Waals surface area contributed by atoms with Gasteiger partial charge in [0, 0.05) is 6.42 Å². The van der Waals surface area contributed by atoms with Crippen LogP contribution in [0.5, 0.6) is 5.75 Å². The summed E-state index contributed by atoms with van der Waals surface area (Å²) < 4.78 is 5.38. The van der Waals surface area contributed by atoms with E-state index >= 15 is 0 Å². The Kier molecular flexibility index (Phi) is 4.50. The van der Waals surface area contributed by atoms with E-state index in [-0.39, 0.29) is 0 Å². The predicted molar refractivity (Wildman–Crippen MR) is 68.5 cm³/mol. The van der Waals surface area contributed by atoms with Gasteiger partial charge in [-0.2, -0.15) is 0 Å². The van der Waals surface area contributed by atoms with Crippen molar-refractivity contribution in [2.24, 2.45) is 0 Å². The zero-order chi connectivity index (χ0) is 13.8. The lowest BCUT2D eigenvalue weighted by Gasteiger charge is -2.17. The van der Waals surface area contributed by atoms with Crippen LogP contribution in [-0.4, -0.2) is 21.8 Å². The van der Waals surface area contributed by atoms with Crippen LogP contribution in [0.4, 0.5) is 0 Å². The van der Waals surface area contributed by atoms with Crippen LogP contribution in [-0.2, 0) is 11.2 Å². The van der Waals surface area contributed by atoms with Crippen LogP contribution in [0.1, 0.15) is 26.3 Å². The highest BCUT2D eigenvalue weighted by atomic mass is 16.5. The molecule has 2 N–H and O–H groups in total. The fraction of sp³-hybridized carbons (Fsp3) is 0.357. The second kappa shape index (κ2) is 5.69. The van der Waals surface area contributed by atoms with Crippen LogP contribution in [0.3, 0.4) is 0 Å². The third kappa shape index (κ3) is 5.50. The van der Waals surface area contributed by atoms with Gasteiger partial charge in [0.25, 0.3) is 0 Å². The average molecular weight is 250 g/mol. The molecule has 0 radical (unpaired) electrons. The molecule has 0 atom stereocenters. The van der Waals surface area contributed by atoms with E-state index in [1.807, 2.05) is 12.1 Å². The van der Waals surface area contributed by atoms with Crippen molar-refractivity contribution in [3.8, 4) is 5.75 Å². The Balaban J connectivity index is 2.80. The zero-order valence-electron chi connectivity index (χ0n) is 10.8. The Morgan fingerprint density at radius 2 is 2.11 bits per heavy atom. The minimum atomic E-state index is -1.04. The summed E-state index contributed by atoms with van der Waals surface area (Å²) in [5, 5.41) is 18.3. The SMILES string of the molecule is C/C(=C\C(=O)O)Oc1cccc(CC(C)(C)O)c1. The van der Waals surface area contributed by atoms with Gasteiger partial charge in [0.2, 0.25) is 0 Å². The highest BCUT2D eigenvalue weighted by Gasteiger charge is 2.13. The molecule has 0 aromatic heterocycles. The summed E-state index contributed by atoms with van der Waals surface area (Å²) in [6.45, 7) is 5.04. The minimum Gasteiger partial charge on any atom is -0.478 e. The van der Waals surface area contributed by atoms with Crippen LogP contribution in [0.2, 0.25) is 0 Å². The fourth-order valence-corrected chi connectivity index (χ4v) is 1.61. The molecule has 18 heavy (non-hydrogen) atoms. The van der Waals surface area contributed by atoms with E-state index in [1.54, 1.807) is 32.9 Å². The Morgan fingerprint density at radius 1 is 1.44 bits per heavy atom. The van der Waals surface area contributed by atoms with Gasteiger partial charge in [0.15, 0.2) is 0 Å². The summed E-state index contributed by atoms with van der Waals surface area (Å²) in [6, 6.07) is 7.23. The number of aliphatic hydroxyl groups is 1. The Bertz CT molecular complexity index is 455. The monoisotopic (exact) mass is 250 g/mol. The largest absolute Gasteiger partial charge is 0.478 e. The molecule has 1 rings (SSSR count). The van der Waals surface area contributed by atoms with Gasteiger partial charge >= 0.3 is 5.97 Å². The first kappa shape index (κ1) is 14.3. The highest BCUT2D eigenvalue weighted by molar-refractivity contribution is 5.80. The number of aliphatic carboxylic acids is 1. The van der Waals surface area contributed by atoms with Gasteiger partial charge in [-0.25, -0.2) is 4.79 Å². The molecule has 0 aliphatic carbocycles. The number of carboxylic acid groups (broad SMARTS) is 1. The normalized spacial score (nSPS) is 12.3. The smallest absolute Gasteiger partial charge is 0.331 e. The molecule has 0 fully saturated rings. The molecular weight excluding hydrogens is 232 g/mol. The van der Waals surface area contributed by atoms with Crippen molar-refractivity contribution in [1.29, 1.82) is 0 Å². The molecule has 4 nitrogen and oxygen atoms in total. The lowest BCUT2D eigenvalue weighted by atomic mass is 9.99. The van der Waals surface area contributed by atoms with E-state index in [0.29, 0.717) is 17.9 Å². The maximum Gasteiger partial charge on any atom is 0.331 e. The maximum absolute atomic E-state index is 10.5. The third-order valence-corrected chi connectivity index (χ3v) is 2.14. The van der Waals surface area contributed by atoms with Crippen molar-refractivity contribution in [2.45, 2.75) is 32.8 Å². The molecule has 0 saturated heterocycles. The molecule has 0 aliphatic heterocycles. The molecule has 1 aromatic rings. The molecule has 0 saturated carbocycles. The van der Waals surface area contributed by atoms with Gasteiger partial charge in [0.05, 0.1) is 11.7 Å². The number of benzene rings is 1. The molecular formula is C14H18O4. The van der Waals surface area contributed by atoms with Gasteiger partial charge in [-0.15, -0.1) is 0 Å². The number of carbonyl (C=O) groups is 1. The van der Waals surface area contributed by atoms with Crippen LogP contribution >= 0.6 is 0 Å². The predicted octanol–water partition coefficient (Wildman–Crippen LogP) is 2.37. The molecule has 4 heteroatoms. The van der Waals surface area contributed by atoms with Crippen LogP contribution in [0.15, 0.2) is 36.1 Å². The second-order valence-electron chi connectivity index (χ2n) is 4.83. The van der Waals surface area contributed by atoms with E-state index in [2.05, 4.69) is 0 Å². The van der Waals surface area contributed by atoms with Crippen molar-refractivity contribution in [3.63, 3.8) is 0 Å². The number of carboxylic acids is 1. The van der Waals surface area contributed by atoms with Crippen LogP contribution < -0.4 is 4.74 Å². The number of rotatable bonds is 5. The molecule has 98 valence electrons. The van der Waals surface area contributed by atoms with Crippen LogP contribution in [0.25, 0.3) is 0 Å². The lowest BCUT2D eigenvalue weighted by molar-refractivity contribution is -0.131. The second-order valence-corrected chi connectivity index (χ2v) is 4.83. The first-order chi connectivity index (χ1) is 8.26. The quantitative estimate of drug-likeness (QED) is 0.622. The van der Waals surface area contributed by atoms with E-state index in [1.165, 1.54) is 0 Å². The third-order valence-electron chi connectivity index (χ3n) is 2.14. The summed E-state index contributed by atoms with van der Waals surface area (Å²) in [4.78, 5) is 10.5. The van der Waals surface area contributed by atoms with Crippen molar-refractivity contribution < 1.29 is 19.7 Å². The summed E-state index contributed by atoms with van der Waals surface area (Å²) in [5.41, 5.74) is 0.146. The van der Waals surface area contributed by atoms with Gasteiger partial charge in [0.1, 0.15) is 11.5 Å². The van der Waals surface area contributed by atoms with Crippen molar-refractivity contribution in [2.75, 3.05) is 0 Å². The molecule has 0 heterocycles. The number of hydrogen-bond donors (Lipinski definition) is 2. The highest BCUT2D eigenvalue weighted by Crippen LogP contribution is 2.19. The standard InChI is InChI=1S/C14H18O4/c1-10(7-13(15)16)18-12-6-4-5-11(8-12)9-14(2,3)17/h4-8,17H,9H2,1-3H3,(H,15,16)/b10-7+. The number of hydrogen-bond acceptors (Lipinski definition) is 3. The molecule has 0 aliphatic rings. The van der Waals surface area contributed by atoms with Crippen molar-refractivity contribution in [1.82, 2.24) is 0 Å².